The molecule has 0 radical (unpaired) electrons. The summed E-state index contributed by atoms with van der Waals surface area (Å²) in [4.78, 5) is 9.95. The number of hydrogen-bond donors (Lipinski definition) is 0. The molecule has 0 aliphatic rings. The maximum absolute atomic E-state index is 9.95. The fourth-order valence-electron chi connectivity index (χ4n) is 0.0743. The van der Waals surface area contributed by atoms with Crippen molar-refractivity contribution in [2.75, 3.05) is 5.88 Å². The highest BCUT2D eigenvalue weighted by molar-refractivity contribution is 14.1. The van der Waals surface area contributed by atoms with Crippen molar-refractivity contribution in [1.29, 1.82) is 0 Å². The fraction of sp³-hybridized carbons (Fsp3) is 0.667. The van der Waals surface area contributed by atoms with E-state index in [1.807, 2.05) is 0 Å². The minimum atomic E-state index is 0.127. The summed E-state index contributed by atoms with van der Waals surface area (Å²) in [6, 6.07) is 0. The molecule has 3 heteroatoms. The van der Waals surface area contributed by atoms with Crippen LogP contribution < -0.4 is 0 Å². The van der Waals surface area contributed by atoms with E-state index in [-0.39, 0.29) is 3.79 Å². The predicted molar refractivity (Wildman–Crippen MR) is 34.4 cm³/mol. The molecule has 36 valence electrons. The molecule has 0 aromatic rings. The summed E-state index contributed by atoms with van der Waals surface area (Å²) in [7, 11) is 0. The van der Waals surface area contributed by atoms with Gasteiger partial charge in [-0.15, -0.1) is 11.6 Å². The van der Waals surface area contributed by atoms with Crippen LogP contribution in [0.1, 0.15) is 6.42 Å². The van der Waals surface area contributed by atoms with Gasteiger partial charge in [0.2, 0.25) is 0 Å². The average Bonchev–Trinajstić information content (AvgIpc) is 1.35. The molecule has 0 atom stereocenters. The normalized spacial score (nSPS) is 8.33. The van der Waals surface area contributed by atoms with Gasteiger partial charge >= 0.3 is 0 Å². The zero-order valence-electron chi connectivity index (χ0n) is 3.08. The van der Waals surface area contributed by atoms with Gasteiger partial charge in [0.1, 0.15) is 0 Å². The molecule has 0 fully saturated rings. The van der Waals surface area contributed by atoms with Crippen LogP contribution in [0.4, 0.5) is 0 Å². The van der Waals surface area contributed by atoms with E-state index in [4.69, 9.17) is 11.6 Å². The number of alkyl halides is 1. The van der Waals surface area contributed by atoms with E-state index in [1.165, 1.54) is 0 Å². The van der Waals surface area contributed by atoms with Crippen LogP contribution >= 0.6 is 34.2 Å². The zero-order valence-corrected chi connectivity index (χ0v) is 5.99. The Labute approximate surface area is 55.2 Å². The topological polar surface area (TPSA) is 17.1 Å². The van der Waals surface area contributed by atoms with Gasteiger partial charge in [0.15, 0.2) is 3.79 Å². The molecular formula is C3H4ClIO. The van der Waals surface area contributed by atoms with Crippen molar-refractivity contribution < 1.29 is 4.79 Å². The lowest BCUT2D eigenvalue weighted by Crippen LogP contribution is -1.82. The van der Waals surface area contributed by atoms with Gasteiger partial charge < -0.3 is 0 Å². The zero-order chi connectivity index (χ0) is 4.99. The van der Waals surface area contributed by atoms with Gasteiger partial charge in [-0.1, -0.05) is 0 Å². The van der Waals surface area contributed by atoms with Crippen molar-refractivity contribution >= 4 is 38.0 Å². The van der Waals surface area contributed by atoms with Crippen molar-refractivity contribution in [2.45, 2.75) is 6.42 Å². The Bertz CT molecular complexity index is 54.8. The molecule has 0 spiro atoms. The molecule has 0 saturated heterocycles. The van der Waals surface area contributed by atoms with Crippen LogP contribution in [0.5, 0.6) is 0 Å². The first-order chi connectivity index (χ1) is 2.77. The predicted octanol–water partition coefficient (Wildman–Crippen LogP) is 1.58. The Morgan fingerprint density at radius 1 is 1.83 bits per heavy atom. The summed E-state index contributed by atoms with van der Waals surface area (Å²) in [5, 5.41) is 0. The van der Waals surface area contributed by atoms with Gasteiger partial charge in [0.25, 0.3) is 0 Å². The molecule has 0 aliphatic carbocycles. The van der Waals surface area contributed by atoms with E-state index < -0.39 is 0 Å². The minimum Gasteiger partial charge on any atom is -0.288 e. The smallest absolute Gasteiger partial charge is 0.193 e. The molecule has 0 saturated carbocycles. The van der Waals surface area contributed by atoms with Crippen LogP contribution in [0.3, 0.4) is 0 Å². The summed E-state index contributed by atoms with van der Waals surface area (Å²) < 4.78 is 0.127. The van der Waals surface area contributed by atoms with Crippen molar-refractivity contribution in [1.82, 2.24) is 0 Å². The summed E-state index contributed by atoms with van der Waals surface area (Å²) in [6.45, 7) is 0. The highest BCUT2D eigenvalue weighted by Gasteiger charge is 1.87. The van der Waals surface area contributed by atoms with Crippen LogP contribution in [0.2, 0.25) is 0 Å². The molecule has 0 heterocycles. The van der Waals surface area contributed by atoms with Crippen LogP contribution in [0.25, 0.3) is 0 Å². The lowest BCUT2D eigenvalue weighted by atomic mass is 10.6. The molecule has 0 rings (SSSR count). The van der Waals surface area contributed by atoms with Gasteiger partial charge in [-0.25, -0.2) is 0 Å². The third kappa shape index (κ3) is 4.69. The lowest BCUT2D eigenvalue weighted by Gasteiger charge is -1.76. The second-order valence-electron chi connectivity index (χ2n) is 0.794. The second-order valence-corrected chi connectivity index (χ2v) is 2.38. The molecule has 0 bridgehead atoms. The van der Waals surface area contributed by atoms with Crippen molar-refractivity contribution in [3.05, 3.63) is 0 Å². The maximum Gasteiger partial charge on any atom is 0.193 e. The van der Waals surface area contributed by atoms with E-state index in [0.29, 0.717) is 12.3 Å². The Hall–Kier alpha value is 0.690. The van der Waals surface area contributed by atoms with Crippen molar-refractivity contribution in [3.8, 4) is 0 Å². The number of halogens is 2. The first-order valence-corrected chi connectivity index (χ1v) is 3.13. The number of carbonyl (C=O) groups excluding carboxylic acids is 1. The van der Waals surface area contributed by atoms with E-state index in [9.17, 15) is 4.79 Å². The van der Waals surface area contributed by atoms with Crippen LogP contribution in [0, 0.1) is 0 Å². The quantitative estimate of drug-likeness (QED) is 0.391. The van der Waals surface area contributed by atoms with Gasteiger partial charge in [-0.2, -0.15) is 0 Å². The highest BCUT2D eigenvalue weighted by atomic mass is 127. The molecule has 0 amide bonds. The first kappa shape index (κ1) is 6.69. The molecule has 0 aliphatic heterocycles. The Kier molecular flexibility index (Phi) is 4.31. The first-order valence-electron chi connectivity index (χ1n) is 1.51. The maximum atomic E-state index is 9.95. The summed E-state index contributed by atoms with van der Waals surface area (Å²) in [5.41, 5.74) is 0. The van der Waals surface area contributed by atoms with E-state index in [1.54, 1.807) is 22.6 Å². The molecule has 0 aromatic carbocycles. The third-order valence-electron chi connectivity index (χ3n) is 0.291. The molecular weight excluding hydrogens is 214 g/mol. The van der Waals surface area contributed by atoms with E-state index in [2.05, 4.69) is 0 Å². The van der Waals surface area contributed by atoms with Crippen molar-refractivity contribution in [2.24, 2.45) is 0 Å². The molecule has 0 N–H and O–H groups in total. The molecule has 1 nitrogen and oxygen atoms in total. The minimum absolute atomic E-state index is 0.127. The van der Waals surface area contributed by atoms with Gasteiger partial charge in [-0.3, -0.25) is 4.79 Å². The van der Waals surface area contributed by atoms with Crippen LogP contribution in [-0.4, -0.2) is 9.67 Å². The highest BCUT2D eigenvalue weighted by Crippen LogP contribution is 1.92. The molecule has 6 heavy (non-hydrogen) atoms. The summed E-state index contributed by atoms with van der Waals surface area (Å²) in [5.74, 6) is 0.446. The molecule has 0 aromatic heterocycles. The Balaban J connectivity index is 2.83. The standard InChI is InChI=1S/C3H4ClIO/c4-2-1-3(5)6/h1-2H2. The number of rotatable bonds is 2. The molecule has 0 unspecified atom stereocenters. The summed E-state index contributed by atoms with van der Waals surface area (Å²) >= 11 is 6.89. The third-order valence-corrected chi connectivity index (χ3v) is 1.02. The van der Waals surface area contributed by atoms with Crippen LogP contribution in [-0.2, 0) is 4.79 Å². The average molecular weight is 218 g/mol. The SMILES string of the molecule is O=C(I)CCCl. The monoisotopic (exact) mass is 218 g/mol. The fourth-order valence-corrected chi connectivity index (χ4v) is 0.834. The van der Waals surface area contributed by atoms with Gasteiger partial charge in [0, 0.05) is 12.3 Å². The number of hydrogen-bond acceptors (Lipinski definition) is 1. The lowest BCUT2D eigenvalue weighted by molar-refractivity contribution is -0.109. The Morgan fingerprint density at radius 3 is 2.33 bits per heavy atom. The van der Waals surface area contributed by atoms with Crippen molar-refractivity contribution in [3.63, 3.8) is 0 Å². The second kappa shape index (κ2) is 3.87. The Morgan fingerprint density at radius 2 is 2.33 bits per heavy atom. The summed E-state index contributed by atoms with van der Waals surface area (Å²) in [6.07, 6.45) is 0.488. The van der Waals surface area contributed by atoms with Gasteiger partial charge in [0.05, 0.1) is 0 Å². The van der Waals surface area contributed by atoms with E-state index >= 15 is 0 Å². The number of carbonyl (C=O) groups is 1. The van der Waals surface area contributed by atoms with Crippen LogP contribution in [0.15, 0.2) is 0 Å². The van der Waals surface area contributed by atoms with Gasteiger partial charge in [-0.05, 0) is 22.6 Å². The van der Waals surface area contributed by atoms with E-state index in [0.717, 1.165) is 0 Å². The largest absolute Gasteiger partial charge is 0.288 e.